The summed E-state index contributed by atoms with van der Waals surface area (Å²) in [7, 11) is 1.59. The molecule has 2 aromatic rings. The minimum absolute atomic E-state index is 0.138. The van der Waals surface area contributed by atoms with Gasteiger partial charge in [-0.15, -0.1) is 0 Å². The Morgan fingerprint density at radius 3 is 2.19 bits per heavy atom. The van der Waals surface area contributed by atoms with Crippen molar-refractivity contribution in [3.05, 3.63) is 65.2 Å². The van der Waals surface area contributed by atoms with Gasteiger partial charge < -0.3 is 15.5 Å². The van der Waals surface area contributed by atoms with E-state index in [1.165, 1.54) is 0 Å². The maximum absolute atomic E-state index is 12.3. The first-order valence-corrected chi connectivity index (χ1v) is 9.08. The fourth-order valence-electron chi connectivity index (χ4n) is 3.07. The standard InChI is InChI=1S/C21H23N3O3/c1-22-20(26)16-7-5-15(6-8-16)14-23-21(27)17-9-11-18(12-10-17)24-13-3-2-4-19(24)25/h5-12H,2-4,13-14H2,1H3,(H,22,26)(H,23,27). The summed E-state index contributed by atoms with van der Waals surface area (Å²) in [4.78, 5) is 37.6. The van der Waals surface area contributed by atoms with Crippen LogP contribution in [-0.4, -0.2) is 31.3 Å². The highest BCUT2D eigenvalue weighted by atomic mass is 16.2. The van der Waals surface area contributed by atoms with Crippen LogP contribution in [0, 0.1) is 0 Å². The van der Waals surface area contributed by atoms with Crippen molar-refractivity contribution in [2.75, 3.05) is 18.5 Å². The van der Waals surface area contributed by atoms with Gasteiger partial charge in [0, 0.05) is 43.4 Å². The number of nitrogens with zero attached hydrogens (tertiary/aromatic N) is 1. The molecule has 0 aliphatic carbocycles. The zero-order chi connectivity index (χ0) is 19.2. The Bertz CT molecular complexity index is 829. The van der Waals surface area contributed by atoms with Gasteiger partial charge in [0.1, 0.15) is 0 Å². The summed E-state index contributed by atoms with van der Waals surface area (Å²) >= 11 is 0. The fourth-order valence-corrected chi connectivity index (χ4v) is 3.07. The lowest BCUT2D eigenvalue weighted by molar-refractivity contribution is -0.119. The van der Waals surface area contributed by atoms with E-state index in [0.29, 0.717) is 24.1 Å². The minimum atomic E-state index is -0.179. The third-order valence-corrected chi connectivity index (χ3v) is 4.66. The lowest BCUT2D eigenvalue weighted by Gasteiger charge is -2.26. The van der Waals surface area contributed by atoms with Crippen molar-refractivity contribution in [1.29, 1.82) is 0 Å². The molecule has 0 spiro atoms. The van der Waals surface area contributed by atoms with Gasteiger partial charge in [-0.2, -0.15) is 0 Å². The Morgan fingerprint density at radius 1 is 0.926 bits per heavy atom. The Hall–Kier alpha value is -3.15. The van der Waals surface area contributed by atoms with Crippen LogP contribution in [0.15, 0.2) is 48.5 Å². The molecule has 1 aliphatic rings. The number of hydrogen-bond donors (Lipinski definition) is 2. The predicted molar refractivity (Wildman–Crippen MR) is 104 cm³/mol. The maximum atomic E-state index is 12.3. The zero-order valence-electron chi connectivity index (χ0n) is 15.3. The quantitative estimate of drug-likeness (QED) is 0.854. The van der Waals surface area contributed by atoms with Crippen LogP contribution in [-0.2, 0) is 11.3 Å². The van der Waals surface area contributed by atoms with E-state index in [-0.39, 0.29) is 17.7 Å². The van der Waals surface area contributed by atoms with Crippen molar-refractivity contribution in [3.8, 4) is 0 Å². The SMILES string of the molecule is CNC(=O)c1ccc(CNC(=O)c2ccc(N3CCCCC3=O)cc2)cc1. The molecule has 2 aromatic carbocycles. The molecule has 1 aliphatic heterocycles. The molecule has 27 heavy (non-hydrogen) atoms. The number of rotatable bonds is 5. The summed E-state index contributed by atoms with van der Waals surface area (Å²) in [5, 5.41) is 5.44. The third kappa shape index (κ3) is 4.53. The van der Waals surface area contributed by atoms with Crippen LogP contribution in [0.3, 0.4) is 0 Å². The first-order valence-electron chi connectivity index (χ1n) is 9.08. The first-order chi connectivity index (χ1) is 13.1. The molecule has 140 valence electrons. The molecular formula is C21H23N3O3. The van der Waals surface area contributed by atoms with Crippen LogP contribution in [0.25, 0.3) is 0 Å². The van der Waals surface area contributed by atoms with E-state index in [1.807, 2.05) is 24.3 Å². The van der Waals surface area contributed by atoms with Crippen LogP contribution in [0.4, 0.5) is 5.69 Å². The molecule has 0 radical (unpaired) electrons. The molecule has 1 saturated heterocycles. The summed E-state index contributed by atoms with van der Waals surface area (Å²) in [6.45, 7) is 1.11. The molecule has 6 heteroatoms. The second kappa shape index (κ2) is 8.49. The fraction of sp³-hybridized carbons (Fsp3) is 0.286. The molecule has 0 aromatic heterocycles. The topological polar surface area (TPSA) is 78.5 Å². The van der Waals surface area contributed by atoms with Crippen molar-refractivity contribution in [2.45, 2.75) is 25.8 Å². The molecule has 0 atom stereocenters. The molecule has 2 N–H and O–H groups in total. The average Bonchev–Trinajstić information content (AvgIpc) is 2.72. The van der Waals surface area contributed by atoms with Gasteiger partial charge in [0.25, 0.3) is 11.8 Å². The van der Waals surface area contributed by atoms with Gasteiger partial charge in [-0.25, -0.2) is 0 Å². The van der Waals surface area contributed by atoms with E-state index < -0.39 is 0 Å². The van der Waals surface area contributed by atoms with E-state index in [2.05, 4.69) is 10.6 Å². The molecular weight excluding hydrogens is 342 g/mol. The highest BCUT2D eigenvalue weighted by Gasteiger charge is 2.19. The van der Waals surface area contributed by atoms with Gasteiger partial charge in [-0.3, -0.25) is 14.4 Å². The van der Waals surface area contributed by atoms with Crippen molar-refractivity contribution in [3.63, 3.8) is 0 Å². The number of benzene rings is 2. The van der Waals surface area contributed by atoms with Gasteiger partial charge in [0.05, 0.1) is 0 Å². The van der Waals surface area contributed by atoms with Crippen LogP contribution >= 0.6 is 0 Å². The predicted octanol–water partition coefficient (Wildman–Crippen LogP) is 2.49. The van der Waals surface area contributed by atoms with Gasteiger partial charge in [-0.1, -0.05) is 12.1 Å². The lowest BCUT2D eigenvalue weighted by atomic mass is 10.1. The second-order valence-electron chi connectivity index (χ2n) is 6.51. The van der Waals surface area contributed by atoms with Crippen LogP contribution in [0.1, 0.15) is 45.5 Å². The Balaban J connectivity index is 1.58. The minimum Gasteiger partial charge on any atom is -0.355 e. The largest absolute Gasteiger partial charge is 0.355 e. The summed E-state index contributed by atoms with van der Waals surface area (Å²) in [5.74, 6) is -0.182. The van der Waals surface area contributed by atoms with E-state index in [9.17, 15) is 14.4 Å². The summed E-state index contributed by atoms with van der Waals surface area (Å²) in [5.41, 5.74) is 2.87. The van der Waals surface area contributed by atoms with Gasteiger partial charge in [-0.05, 0) is 54.8 Å². The van der Waals surface area contributed by atoms with Gasteiger partial charge in [0.15, 0.2) is 0 Å². The zero-order valence-corrected chi connectivity index (χ0v) is 15.3. The van der Waals surface area contributed by atoms with Crippen LogP contribution < -0.4 is 15.5 Å². The molecule has 0 unspecified atom stereocenters. The third-order valence-electron chi connectivity index (χ3n) is 4.66. The van der Waals surface area contributed by atoms with E-state index in [4.69, 9.17) is 0 Å². The summed E-state index contributed by atoms with van der Waals surface area (Å²) in [6, 6.07) is 14.2. The van der Waals surface area contributed by atoms with Gasteiger partial charge >= 0.3 is 0 Å². The number of carbonyl (C=O) groups excluding carboxylic acids is 3. The summed E-state index contributed by atoms with van der Waals surface area (Å²) < 4.78 is 0. The average molecular weight is 365 g/mol. The molecule has 1 fully saturated rings. The van der Waals surface area contributed by atoms with E-state index >= 15 is 0 Å². The molecule has 1 heterocycles. The normalized spacial score (nSPS) is 14.0. The van der Waals surface area contributed by atoms with Crippen molar-refractivity contribution in [1.82, 2.24) is 10.6 Å². The lowest BCUT2D eigenvalue weighted by Crippen LogP contribution is -2.35. The van der Waals surface area contributed by atoms with E-state index in [1.54, 1.807) is 36.2 Å². The van der Waals surface area contributed by atoms with E-state index in [0.717, 1.165) is 30.6 Å². The number of amides is 3. The summed E-state index contributed by atoms with van der Waals surface area (Å²) in [6.07, 6.45) is 2.54. The van der Waals surface area contributed by atoms with Crippen molar-refractivity contribution < 1.29 is 14.4 Å². The van der Waals surface area contributed by atoms with Crippen molar-refractivity contribution >= 4 is 23.4 Å². The van der Waals surface area contributed by atoms with Crippen LogP contribution in [0.5, 0.6) is 0 Å². The van der Waals surface area contributed by atoms with Crippen LogP contribution in [0.2, 0.25) is 0 Å². The Kier molecular flexibility index (Phi) is 5.86. The molecule has 3 amide bonds. The Labute approximate surface area is 158 Å². The highest BCUT2D eigenvalue weighted by molar-refractivity contribution is 5.97. The first kappa shape index (κ1) is 18.6. The van der Waals surface area contributed by atoms with Crippen molar-refractivity contribution in [2.24, 2.45) is 0 Å². The number of hydrogen-bond acceptors (Lipinski definition) is 3. The number of anilines is 1. The smallest absolute Gasteiger partial charge is 0.251 e. The Morgan fingerprint density at radius 2 is 1.56 bits per heavy atom. The molecule has 6 nitrogen and oxygen atoms in total. The number of piperidine rings is 1. The second-order valence-corrected chi connectivity index (χ2v) is 6.51. The monoisotopic (exact) mass is 365 g/mol. The molecule has 0 saturated carbocycles. The number of carbonyl (C=O) groups is 3. The van der Waals surface area contributed by atoms with Gasteiger partial charge in [0.2, 0.25) is 5.91 Å². The maximum Gasteiger partial charge on any atom is 0.251 e. The molecule has 3 rings (SSSR count). The highest BCUT2D eigenvalue weighted by Crippen LogP contribution is 2.21. The number of nitrogens with one attached hydrogen (secondary N) is 2. The molecule has 0 bridgehead atoms.